The minimum absolute atomic E-state index is 0.151. The van der Waals surface area contributed by atoms with Crippen LogP contribution in [0.15, 0.2) is 39.6 Å². The Labute approximate surface area is 138 Å². The summed E-state index contributed by atoms with van der Waals surface area (Å²) in [4.78, 5) is 20.5. The summed E-state index contributed by atoms with van der Waals surface area (Å²) in [5.41, 5.74) is 1.47. The molecule has 0 fully saturated rings. The number of carbonyl (C=O) groups is 1. The van der Waals surface area contributed by atoms with Crippen LogP contribution < -0.4 is 5.32 Å². The van der Waals surface area contributed by atoms with E-state index in [-0.39, 0.29) is 17.6 Å². The van der Waals surface area contributed by atoms with E-state index in [1.807, 2.05) is 19.9 Å². The molecule has 0 aliphatic rings. The van der Waals surface area contributed by atoms with Gasteiger partial charge >= 0.3 is 0 Å². The second-order valence-electron chi connectivity index (χ2n) is 5.66. The summed E-state index contributed by atoms with van der Waals surface area (Å²) in [5, 5.41) is 10.5. The largest absolute Gasteiger partial charge is 0.351 e. The SMILES string of the molecule is CC(C)c1cc(C(=O)N[C@@H](C)c2nc(-c3cccnc3)no2)on1. The lowest BCUT2D eigenvalue weighted by Crippen LogP contribution is -2.26. The first-order chi connectivity index (χ1) is 11.5. The second-order valence-corrected chi connectivity index (χ2v) is 5.66. The van der Waals surface area contributed by atoms with E-state index in [0.717, 1.165) is 11.3 Å². The van der Waals surface area contributed by atoms with Crippen LogP contribution in [-0.2, 0) is 0 Å². The van der Waals surface area contributed by atoms with E-state index in [2.05, 4.69) is 25.6 Å². The highest BCUT2D eigenvalue weighted by Crippen LogP contribution is 2.18. The molecule has 1 atom stereocenters. The van der Waals surface area contributed by atoms with Gasteiger partial charge in [0, 0.05) is 24.0 Å². The average molecular weight is 327 g/mol. The smallest absolute Gasteiger partial charge is 0.290 e. The van der Waals surface area contributed by atoms with Gasteiger partial charge < -0.3 is 14.4 Å². The summed E-state index contributed by atoms with van der Waals surface area (Å²) in [5.74, 6) is 0.665. The van der Waals surface area contributed by atoms with Crippen molar-refractivity contribution in [3.05, 3.63) is 47.9 Å². The molecular weight excluding hydrogens is 310 g/mol. The zero-order valence-corrected chi connectivity index (χ0v) is 13.6. The highest BCUT2D eigenvalue weighted by atomic mass is 16.5. The van der Waals surface area contributed by atoms with Gasteiger partial charge in [0.25, 0.3) is 5.91 Å². The number of hydrogen-bond donors (Lipinski definition) is 1. The van der Waals surface area contributed by atoms with Gasteiger partial charge in [-0.2, -0.15) is 4.98 Å². The van der Waals surface area contributed by atoms with E-state index in [9.17, 15) is 4.79 Å². The van der Waals surface area contributed by atoms with E-state index in [0.29, 0.717) is 11.7 Å². The molecule has 0 radical (unpaired) electrons. The van der Waals surface area contributed by atoms with Gasteiger partial charge in [-0.05, 0) is 25.0 Å². The standard InChI is InChI=1S/C16H17N5O3/c1-9(2)12-7-13(23-20-12)15(22)18-10(3)16-19-14(21-24-16)11-5-4-6-17-8-11/h4-10H,1-3H3,(H,18,22)/t10-/m0/s1. The van der Waals surface area contributed by atoms with Crippen molar-refractivity contribution in [3.8, 4) is 11.4 Å². The molecule has 8 heteroatoms. The van der Waals surface area contributed by atoms with Gasteiger partial charge in [-0.25, -0.2) is 0 Å². The molecule has 0 bridgehead atoms. The highest BCUT2D eigenvalue weighted by molar-refractivity contribution is 5.91. The van der Waals surface area contributed by atoms with Gasteiger partial charge in [0.1, 0.15) is 6.04 Å². The van der Waals surface area contributed by atoms with E-state index in [4.69, 9.17) is 9.05 Å². The summed E-state index contributed by atoms with van der Waals surface area (Å²) in [6, 6.07) is 4.77. The zero-order chi connectivity index (χ0) is 17.1. The molecule has 0 spiro atoms. The van der Waals surface area contributed by atoms with Gasteiger partial charge in [0.05, 0.1) is 5.69 Å². The first-order valence-corrected chi connectivity index (χ1v) is 7.56. The molecule has 8 nitrogen and oxygen atoms in total. The van der Waals surface area contributed by atoms with Crippen molar-refractivity contribution in [2.45, 2.75) is 32.7 Å². The van der Waals surface area contributed by atoms with Crippen LogP contribution in [0.2, 0.25) is 0 Å². The van der Waals surface area contributed by atoms with Crippen LogP contribution in [0.3, 0.4) is 0 Å². The van der Waals surface area contributed by atoms with Crippen LogP contribution in [0, 0.1) is 0 Å². The van der Waals surface area contributed by atoms with Crippen molar-refractivity contribution in [3.63, 3.8) is 0 Å². The van der Waals surface area contributed by atoms with Crippen LogP contribution >= 0.6 is 0 Å². The zero-order valence-electron chi connectivity index (χ0n) is 13.6. The quantitative estimate of drug-likeness (QED) is 0.767. The van der Waals surface area contributed by atoms with E-state index >= 15 is 0 Å². The normalized spacial score (nSPS) is 12.3. The molecule has 0 saturated carbocycles. The molecule has 0 aliphatic heterocycles. The fraction of sp³-hybridized carbons (Fsp3) is 0.312. The Morgan fingerprint density at radius 3 is 2.71 bits per heavy atom. The monoisotopic (exact) mass is 327 g/mol. The fourth-order valence-corrected chi connectivity index (χ4v) is 2.02. The Kier molecular flexibility index (Phi) is 4.37. The summed E-state index contributed by atoms with van der Waals surface area (Å²) in [7, 11) is 0. The van der Waals surface area contributed by atoms with Gasteiger partial charge in [-0.1, -0.05) is 24.2 Å². The molecule has 0 aliphatic carbocycles. The predicted octanol–water partition coefficient (Wildman–Crippen LogP) is 2.73. The molecule has 124 valence electrons. The number of aromatic nitrogens is 4. The van der Waals surface area contributed by atoms with E-state index in [1.54, 1.807) is 31.5 Å². The number of nitrogens with zero attached hydrogens (tertiary/aromatic N) is 4. The third kappa shape index (κ3) is 3.32. The second kappa shape index (κ2) is 6.61. The number of pyridine rings is 1. The summed E-state index contributed by atoms with van der Waals surface area (Å²) in [6.07, 6.45) is 3.30. The lowest BCUT2D eigenvalue weighted by Gasteiger charge is -2.07. The number of hydrogen-bond acceptors (Lipinski definition) is 7. The van der Waals surface area contributed by atoms with E-state index in [1.165, 1.54) is 0 Å². The molecule has 3 heterocycles. The molecule has 1 amide bonds. The number of rotatable bonds is 5. The highest BCUT2D eigenvalue weighted by Gasteiger charge is 2.21. The Balaban J connectivity index is 1.69. The maximum atomic E-state index is 12.2. The number of carbonyl (C=O) groups excluding carboxylic acids is 1. The molecule has 0 saturated heterocycles. The Hall–Kier alpha value is -3.03. The maximum absolute atomic E-state index is 12.2. The summed E-state index contributed by atoms with van der Waals surface area (Å²) >= 11 is 0. The summed E-state index contributed by atoms with van der Waals surface area (Å²) < 4.78 is 10.3. The molecule has 0 unspecified atom stereocenters. The van der Waals surface area contributed by atoms with Crippen molar-refractivity contribution in [1.82, 2.24) is 25.6 Å². The first-order valence-electron chi connectivity index (χ1n) is 7.56. The maximum Gasteiger partial charge on any atom is 0.290 e. The van der Waals surface area contributed by atoms with Crippen LogP contribution in [0.4, 0.5) is 0 Å². The van der Waals surface area contributed by atoms with Crippen LogP contribution in [0.5, 0.6) is 0 Å². The molecule has 3 aromatic heterocycles. The van der Waals surface area contributed by atoms with Crippen molar-refractivity contribution in [2.75, 3.05) is 0 Å². The van der Waals surface area contributed by atoms with Crippen LogP contribution in [0.1, 0.15) is 54.9 Å². The Morgan fingerprint density at radius 2 is 2.04 bits per heavy atom. The third-order valence-corrected chi connectivity index (χ3v) is 3.42. The topological polar surface area (TPSA) is 107 Å². The lowest BCUT2D eigenvalue weighted by atomic mass is 10.1. The molecular formula is C16H17N5O3. The minimum atomic E-state index is -0.469. The van der Waals surface area contributed by atoms with Gasteiger partial charge in [0.15, 0.2) is 0 Å². The van der Waals surface area contributed by atoms with Crippen molar-refractivity contribution >= 4 is 5.91 Å². The molecule has 1 N–H and O–H groups in total. The van der Waals surface area contributed by atoms with Gasteiger partial charge in [0.2, 0.25) is 17.5 Å². The lowest BCUT2D eigenvalue weighted by molar-refractivity contribution is 0.0895. The first kappa shape index (κ1) is 15.9. The predicted molar refractivity (Wildman–Crippen MR) is 84.0 cm³/mol. The number of nitrogens with one attached hydrogen (secondary N) is 1. The van der Waals surface area contributed by atoms with Crippen LogP contribution in [-0.4, -0.2) is 26.2 Å². The van der Waals surface area contributed by atoms with Gasteiger partial charge in [-0.15, -0.1) is 0 Å². The van der Waals surface area contributed by atoms with Crippen molar-refractivity contribution < 1.29 is 13.8 Å². The molecule has 24 heavy (non-hydrogen) atoms. The van der Waals surface area contributed by atoms with Crippen molar-refractivity contribution in [1.29, 1.82) is 0 Å². The Morgan fingerprint density at radius 1 is 1.21 bits per heavy atom. The fourth-order valence-electron chi connectivity index (χ4n) is 2.02. The molecule has 0 aromatic carbocycles. The molecule has 3 aromatic rings. The van der Waals surface area contributed by atoms with Crippen LogP contribution in [0.25, 0.3) is 11.4 Å². The number of amides is 1. The average Bonchev–Trinajstić information content (AvgIpc) is 3.25. The third-order valence-electron chi connectivity index (χ3n) is 3.42. The van der Waals surface area contributed by atoms with E-state index < -0.39 is 6.04 Å². The van der Waals surface area contributed by atoms with Gasteiger partial charge in [-0.3, -0.25) is 9.78 Å². The van der Waals surface area contributed by atoms with Crippen molar-refractivity contribution in [2.24, 2.45) is 0 Å². The minimum Gasteiger partial charge on any atom is -0.351 e. The summed E-state index contributed by atoms with van der Waals surface area (Å²) in [6.45, 7) is 5.69. The molecule has 3 rings (SSSR count). The Bertz CT molecular complexity index is 825.